The van der Waals surface area contributed by atoms with Crippen molar-refractivity contribution in [2.24, 2.45) is 0 Å². The van der Waals surface area contributed by atoms with Gasteiger partial charge in [-0.25, -0.2) is 0 Å². The van der Waals surface area contributed by atoms with Gasteiger partial charge in [0.15, 0.2) is 0 Å². The lowest BCUT2D eigenvalue weighted by molar-refractivity contribution is -0.119. The minimum absolute atomic E-state index is 0.0587. The fourth-order valence-corrected chi connectivity index (χ4v) is 1.71. The molecule has 17 heavy (non-hydrogen) atoms. The number of aromatic nitrogens is 2. The zero-order valence-corrected chi connectivity index (χ0v) is 9.82. The first kappa shape index (κ1) is 11.3. The summed E-state index contributed by atoms with van der Waals surface area (Å²) in [6.07, 6.45) is 1.72. The van der Waals surface area contributed by atoms with E-state index in [0.29, 0.717) is 5.69 Å². The van der Waals surface area contributed by atoms with Gasteiger partial charge in [0.2, 0.25) is 5.91 Å². The highest BCUT2D eigenvalue weighted by molar-refractivity contribution is 5.90. The Morgan fingerprint density at radius 2 is 2.35 bits per heavy atom. The molecule has 2 aromatic rings. The van der Waals surface area contributed by atoms with Crippen LogP contribution in [0.1, 0.15) is 0 Å². The van der Waals surface area contributed by atoms with Crippen LogP contribution in [0.4, 0.5) is 11.4 Å². The molecule has 0 aliphatic rings. The van der Waals surface area contributed by atoms with Gasteiger partial charge in [0.05, 0.1) is 29.6 Å². The Labute approximate surface area is 98.8 Å². The number of likely N-dealkylation sites (N-methyl/N-ethyl adjacent to an activating group) is 2. The third kappa shape index (κ3) is 2.15. The Morgan fingerprint density at radius 3 is 3.06 bits per heavy atom. The zero-order chi connectivity index (χ0) is 12.4. The minimum Gasteiger partial charge on any atom is -0.397 e. The lowest BCUT2D eigenvalue weighted by Crippen LogP contribution is -2.33. The summed E-state index contributed by atoms with van der Waals surface area (Å²) in [7, 11) is 3.43. The predicted octanol–water partition coefficient (Wildman–Crippen LogP) is 0.327. The maximum Gasteiger partial charge on any atom is 0.239 e. The summed E-state index contributed by atoms with van der Waals surface area (Å²) in [5.74, 6) is -0.0587. The molecule has 0 atom stereocenters. The van der Waals surface area contributed by atoms with Gasteiger partial charge in [0.1, 0.15) is 0 Å². The monoisotopic (exact) mass is 233 g/mol. The second-order valence-electron chi connectivity index (χ2n) is 3.90. The van der Waals surface area contributed by atoms with Crippen molar-refractivity contribution in [2.75, 3.05) is 31.3 Å². The molecule has 6 nitrogen and oxygen atoms in total. The van der Waals surface area contributed by atoms with E-state index < -0.39 is 0 Å². The predicted molar refractivity (Wildman–Crippen MR) is 67.8 cm³/mol. The Balaban J connectivity index is 2.33. The van der Waals surface area contributed by atoms with E-state index in [4.69, 9.17) is 5.73 Å². The number of nitrogens with one attached hydrogen (secondary N) is 2. The number of aromatic amines is 1. The largest absolute Gasteiger partial charge is 0.397 e. The molecule has 4 N–H and O–H groups in total. The summed E-state index contributed by atoms with van der Waals surface area (Å²) in [4.78, 5) is 13.1. The van der Waals surface area contributed by atoms with Crippen molar-refractivity contribution in [3.8, 4) is 0 Å². The van der Waals surface area contributed by atoms with Gasteiger partial charge in [0, 0.05) is 19.5 Å². The zero-order valence-electron chi connectivity index (χ0n) is 9.82. The van der Waals surface area contributed by atoms with Crippen molar-refractivity contribution in [2.45, 2.75) is 0 Å². The van der Waals surface area contributed by atoms with Crippen molar-refractivity contribution in [3.05, 3.63) is 18.3 Å². The number of nitrogens with two attached hydrogens (primary N) is 1. The molecule has 0 unspecified atom stereocenters. The Hall–Kier alpha value is -2.24. The number of hydrogen-bond acceptors (Lipinski definition) is 4. The first-order valence-corrected chi connectivity index (χ1v) is 5.26. The number of nitrogen functional groups attached to an aromatic ring is 1. The van der Waals surface area contributed by atoms with Crippen molar-refractivity contribution in [1.29, 1.82) is 0 Å². The van der Waals surface area contributed by atoms with Crippen LogP contribution < -0.4 is 16.0 Å². The Morgan fingerprint density at radius 1 is 1.59 bits per heavy atom. The van der Waals surface area contributed by atoms with Crippen LogP contribution in [-0.4, -0.2) is 36.7 Å². The van der Waals surface area contributed by atoms with Gasteiger partial charge in [-0.2, -0.15) is 5.10 Å². The molecular formula is C11H15N5O. The maximum atomic E-state index is 11.3. The molecular weight excluding hydrogens is 218 g/mol. The number of fused-ring (bicyclic) bond motifs is 1. The van der Waals surface area contributed by atoms with E-state index >= 15 is 0 Å². The Kier molecular flexibility index (Phi) is 2.86. The molecule has 0 aliphatic heterocycles. The van der Waals surface area contributed by atoms with E-state index in [1.54, 1.807) is 18.1 Å². The number of H-pyrrole nitrogens is 1. The normalized spacial score (nSPS) is 10.5. The second-order valence-corrected chi connectivity index (χ2v) is 3.90. The van der Waals surface area contributed by atoms with Crippen LogP contribution >= 0.6 is 0 Å². The Bertz CT molecular complexity index is 548. The molecule has 1 aromatic heterocycles. The summed E-state index contributed by atoms with van der Waals surface area (Å²) < 4.78 is 0. The van der Waals surface area contributed by atoms with Crippen molar-refractivity contribution >= 4 is 28.2 Å². The van der Waals surface area contributed by atoms with Gasteiger partial charge in [0.25, 0.3) is 0 Å². The molecule has 90 valence electrons. The van der Waals surface area contributed by atoms with E-state index in [0.717, 1.165) is 16.6 Å². The van der Waals surface area contributed by atoms with E-state index in [2.05, 4.69) is 15.5 Å². The van der Waals surface area contributed by atoms with Crippen molar-refractivity contribution in [1.82, 2.24) is 15.5 Å². The van der Waals surface area contributed by atoms with Crippen molar-refractivity contribution in [3.63, 3.8) is 0 Å². The first-order valence-electron chi connectivity index (χ1n) is 5.26. The van der Waals surface area contributed by atoms with Gasteiger partial charge in [-0.15, -0.1) is 0 Å². The fourth-order valence-electron chi connectivity index (χ4n) is 1.71. The van der Waals surface area contributed by atoms with E-state index in [1.807, 2.05) is 19.2 Å². The van der Waals surface area contributed by atoms with Crippen LogP contribution in [0.2, 0.25) is 0 Å². The second kappa shape index (κ2) is 4.32. The average Bonchev–Trinajstić information content (AvgIpc) is 2.74. The van der Waals surface area contributed by atoms with E-state index in [9.17, 15) is 4.79 Å². The van der Waals surface area contributed by atoms with Gasteiger partial charge < -0.3 is 16.0 Å². The number of carbonyl (C=O) groups excluding carboxylic acids is 1. The third-order valence-corrected chi connectivity index (χ3v) is 2.66. The van der Waals surface area contributed by atoms with Gasteiger partial charge in [-0.3, -0.25) is 9.89 Å². The molecule has 0 aliphatic carbocycles. The van der Waals surface area contributed by atoms with Crippen LogP contribution in [0.5, 0.6) is 0 Å². The molecule has 0 saturated carbocycles. The highest BCUT2D eigenvalue weighted by Gasteiger charge is 2.10. The molecule has 1 amide bonds. The SMILES string of the molecule is CNC(=O)CN(C)c1cc2[nH]ncc2cc1N. The molecule has 0 saturated heterocycles. The quantitative estimate of drug-likeness (QED) is 0.667. The molecule has 0 spiro atoms. The van der Waals surface area contributed by atoms with Gasteiger partial charge >= 0.3 is 0 Å². The molecule has 0 fully saturated rings. The van der Waals surface area contributed by atoms with Crippen LogP contribution in [0.15, 0.2) is 18.3 Å². The van der Waals surface area contributed by atoms with Crippen LogP contribution in [0, 0.1) is 0 Å². The molecule has 6 heteroatoms. The van der Waals surface area contributed by atoms with Crippen LogP contribution in [0.3, 0.4) is 0 Å². The summed E-state index contributed by atoms with van der Waals surface area (Å²) in [5.41, 5.74) is 8.29. The van der Waals surface area contributed by atoms with Crippen LogP contribution in [0.25, 0.3) is 10.9 Å². The number of hydrogen-bond donors (Lipinski definition) is 3. The van der Waals surface area contributed by atoms with Gasteiger partial charge in [-0.1, -0.05) is 0 Å². The summed E-state index contributed by atoms with van der Waals surface area (Å²) >= 11 is 0. The number of carbonyl (C=O) groups is 1. The van der Waals surface area contributed by atoms with E-state index in [-0.39, 0.29) is 12.5 Å². The maximum absolute atomic E-state index is 11.3. The molecule has 1 aromatic carbocycles. The third-order valence-electron chi connectivity index (χ3n) is 2.66. The summed E-state index contributed by atoms with van der Waals surface area (Å²) in [6.45, 7) is 0.264. The smallest absolute Gasteiger partial charge is 0.239 e. The number of benzene rings is 1. The fraction of sp³-hybridized carbons (Fsp3) is 0.273. The molecule has 0 bridgehead atoms. The summed E-state index contributed by atoms with van der Waals surface area (Å²) in [6, 6.07) is 3.73. The lowest BCUT2D eigenvalue weighted by atomic mass is 10.2. The number of rotatable bonds is 3. The number of anilines is 2. The molecule has 0 radical (unpaired) electrons. The lowest BCUT2D eigenvalue weighted by Gasteiger charge is -2.20. The highest BCUT2D eigenvalue weighted by Crippen LogP contribution is 2.27. The topological polar surface area (TPSA) is 87.0 Å². The number of nitrogens with zero attached hydrogens (tertiary/aromatic N) is 2. The highest BCUT2D eigenvalue weighted by atomic mass is 16.1. The first-order chi connectivity index (χ1) is 8.11. The summed E-state index contributed by atoms with van der Waals surface area (Å²) in [5, 5.41) is 10.4. The molecule has 2 rings (SSSR count). The standard InChI is InChI=1S/C11H15N5O/c1-13-11(17)6-16(2)10-4-9-7(3-8(10)12)5-14-15-9/h3-5H,6,12H2,1-2H3,(H,13,17)(H,14,15). The van der Waals surface area contributed by atoms with E-state index in [1.165, 1.54) is 0 Å². The van der Waals surface area contributed by atoms with Gasteiger partial charge in [-0.05, 0) is 12.1 Å². The van der Waals surface area contributed by atoms with Crippen molar-refractivity contribution < 1.29 is 4.79 Å². The minimum atomic E-state index is -0.0587. The molecule has 1 heterocycles. The average molecular weight is 233 g/mol. The van der Waals surface area contributed by atoms with Crippen LogP contribution in [-0.2, 0) is 4.79 Å². The number of amides is 1.